The molecule has 2 nitrogen and oxygen atoms in total. The number of hydrogen-bond donors (Lipinski definition) is 2. The van der Waals surface area contributed by atoms with Crippen molar-refractivity contribution in [2.45, 2.75) is 23.6 Å². The number of thioether (sulfide) groups is 2. The molecule has 14 heavy (non-hydrogen) atoms. The van der Waals surface area contributed by atoms with Crippen LogP contribution in [-0.4, -0.2) is 12.0 Å². The lowest BCUT2D eigenvalue weighted by Gasteiger charge is -2.13. The Morgan fingerprint density at radius 3 is 2.29 bits per heavy atom. The maximum atomic E-state index is 5.98. The van der Waals surface area contributed by atoms with Gasteiger partial charge in [0.15, 0.2) is 0 Å². The van der Waals surface area contributed by atoms with Crippen molar-refractivity contribution < 1.29 is 0 Å². The molecule has 0 bridgehead atoms. The summed E-state index contributed by atoms with van der Waals surface area (Å²) in [7, 11) is 0. The van der Waals surface area contributed by atoms with Gasteiger partial charge in [-0.15, -0.1) is 23.5 Å². The second-order valence-electron chi connectivity index (χ2n) is 2.96. The Kier molecular flexibility index (Phi) is 4.01. The van der Waals surface area contributed by atoms with Crippen molar-refractivity contribution in [2.24, 2.45) is 0 Å². The van der Waals surface area contributed by atoms with Crippen LogP contribution in [0.4, 0.5) is 11.4 Å². The van der Waals surface area contributed by atoms with E-state index in [-0.39, 0.29) is 0 Å². The highest BCUT2D eigenvalue weighted by Gasteiger charge is 2.09. The monoisotopic (exact) mass is 228 g/mol. The summed E-state index contributed by atoms with van der Waals surface area (Å²) in [5, 5.41) is 0. The molecule has 1 aromatic carbocycles. The molecule has 0 saturated carbocycles. The van der Waals surface area contributed by atoms with Crippen molar-refractivity contribution in [1.82, 2.24) is 0 Å². The van der Waals surface area contributed by atoms with E-state index in [1.54, 1.807) is 23.5 Å². The number of rotatable bonds is 3. The summed E-state index contributed by atoms with van der Waals surface area (Å²) in [5.74, 6) is 1.03. The molecule has 0 aliphatic rings. The largest absolute Gasteiger partial charge is 0.398 e. The molecule has 0 fully saturated rings. The van der Waals surface area contributed by atoms with Crippen LogP contribution in [0.3, 0.4) is 0 Å². The molecule has 0 heterocycles. The molecule has 0 atom stereocenters. The Labute approximate surface area is 93.8 Å². The van der Waals surface area contributed by atoms with Gasteiger partial charge in [0.05, 0.1) is 11.4 Å². The molecule has 0 amide bonds. The van der Waals surface area contributed by atoms with E-state index in [9.17, 15) is 0 Å². The second kappa shape index (κ2) is 4.84. The first-order valence-electron chi connectivity index (χ1n) is 4.47. The van der Waals surface area contributed by atoms with Crippen molar-refractivity contribution in [3.05, 3.63) is 11.6 Å². The maximum Gasteiger partial charge on any atom is 0.0503 e. The number of benzene rings is 1. The predicted octanol–water partition coefficient (Wildman–Crippen LogP) is 2.99. The summed E-state index contributed by atoms with van der Waals surface area (Å²) >= 11 is 3.42. The van der Waals surface area contributed by atoms with Crippen LogP contribution in [0.25, 0.3) is 0 Å². The normalized spacial score (nSPS) is 10.5. The molecule has 0 radical (unpaired) electrons. The van der Waals surface area contributed by atoms with Gasteiger partial charge >= 0.3 is 0 Å². The summed E-state index contributed by atoms with van der Waals surface area (Å²) in [5.41, 5.74) is 14.6. The molecule has 78 valence electrons. The van der Waals surface area contributed by atoms with Gasteiger partial charge in [-0.3, -0.25) is 0 Å². The van der Waals surface area contributed by atoms with E-state index >= 15 is 0 Å². The zero-order valence-electron chi connectivity index (χ0n) is 8.76. The SMILES string of the molecule is CCSc1cc(SC)c(N)c(C)c1N. The van der Waals surface area contributed by atoms with Gasteiger partial charge in [0.25, 0.3) is 0 Å². The Morgan fingerprint density at radius 2 is 1.79 bits per heavy atom. The zero-order valence-corrected chi connectivity index (χ0v) is 10.4. The molecular weight excluding hydrogens is 212 g/mol. The summed E-state index contributed by atoms with van der Waals surface area (Å²) < 4.78 is 0. The van der Waals surface area contributed by atoms with Gasteiger partial charge in [0.2, 0.25) is 0 Å². The molecule has 4 heteroatoms. The number of hydrogen-bond acceptors (Lipinski definition) is 4. The molecular formula is C10H16N2S2. The van der Waals surface area contributed by atoms with E-state index in [0.717, 1.165) is 32.5 Å². The van der Waals surface area contributed by atoms with Gasteiger partial charge in [0, 0.05) is 9.79 Å². The van der Waals surface area contributed by atoms with Crippen molar-refractivity contribution in [3.8, 4) is 0 Å². The third kappa shape index (κ3) is 2.12. The van der Waals surface area contributed by atoms with Gasteiger partial charge in [-0.25, -0.2) is 0 Å². The summed E-state index contributed by atoms with van der Waals surface area (Å²) in [6.45, 7) is 4.10. The smallest absolute Gasteiger partial charge is 0.0503 e. The van der Waals surface area contributed by atoms with Crippen LogP contribution in [0, 0.1) is 6.92 Å². The fourth-order valence-electron chi connectivity index (χ4n) is 1.23. The molecule has 0 aliphatic heterocycles. The van der Waals surface area contributed by atoms with Crippen LogP contribution >= 0.6 is 23.5 Å². The summed E-state index contributed by atoms with van der Waals surface area (Å²) in [6.07, 6.45) is 2.03. The first kappa shape index (κ1) is 11.6. The van der Waals surface area contributed by atoms with Crippen molar-refractivity contribution >= 4 is 34.9 Å². The van der Waals surface area contributed by atoms with Gasteiger partial charge in [-0.1, -0.05) is 6.92 Å². The van der Waals surface area contributed by atoms with Crippen molar-refractivity contribution in [3.63, 3.8) is 0 Å². The van der Waals surface area contributed by atoms with Crippen LogP contribution in [0.15, 0.2) is 15.9 Å². The number of nitrogen functional groups attached to an aromatic ring is 2. The Morgan fingerprint density at radius 1 is 1.21 bits per heavy atom. The van der Waals surface area contributed by atoms with Gasteiger partial charge in [-0.2, -0.15) is 0 Å². The summed E-state index contributed by atoms with van der Waals surface area (Å²) in [4.78, 5) is 2.26. The highest BCUT2D eigenvalue weighted by Crippen LogP contribution is 2.37. The molecule has 0 spiro atoms. The van der Waals surface area contributed by atoms with Gasteiger partial charge in [0.1, 0.15) is 0 Å². The molecule has 0 aliphatic carbocycles. The molecule has 1 rings (SSSR count). The van der Waals surface area contributed by atoms with E-state index in [1.165, 1.54) is 0 Å². The zero-order chi connectivity index (χ0) is 10.7. The van der Waals surface area contributed by atoms with E-state index in [4.69, 9.17) is 11.5 Å². The molecule has 4 N–H and O–H groups in total. The molecule has 0 saturated heterocycles. The van der Waals surface area contributed by atoms with Crippen LogP contribution in [-0.2, 0) is 0 Å². The third-order valence-electron chi connectivity index (χ3n) is 2.12. The third-order valence-corrected chi connectivity index (χ3v) is 3.84. The maximum absolute atomic E-state index is 5.98. The highest BCUT2D eigenvalue weighted by molar-refractivity contribution is 8.00. The number of anilines is 2. The standard InChI is InChI=1S/C10H16N2S2/c1-4-14-8-5-7(13-3)9(11)6(2)10(8)12/h5H,4,11-12H2,1-3H3. The lowest BCUT2D eigenvalue weighted by Crippen LogP contribution is -2.00. The molecule has 0 aromatic heterocycles. The van der Waals surface area contributed by atoms with E-state index < -0.39 is 0 Å². The van der Waals surface area contributed by atoms with E-state index in [0.29, 0.717) is 0 Å². The highest BCUT2D eigenvalue weighted by atomic mass is 32.2. The first-order chi connectivity index (χ1) is 6.61. The van der Waals surface area contributed by atoms with E-state index in [2.05, 4.69) is 13.0 Å². The Bertz CT molecular complexity index is 337. The lowest BCUT2D eigenvalue weighted by molar-refractivity contribution is 1.28. The Balaban J connectivity index is 3.25. The van der Waals surface area contributed by atoms with E-state index in [1.807, 2.05) is 13.2 Å². The Hall–Kier alpha value is -0.480. The average Bonchev–Trinajstić information content (AvgIpc) is 2.19. The molecule has 0 unspecified atom stereocenters. The van der Waals surface area contributed by atoms with Crippen LogP contribution in [0.1, 0.15) is 12.5 Å². The van der Waals surface area contributed by atoms with Crippen molar-refractivity contribution in [2.75, 3.05) is 23.5 Å². The van der Waals surface area contributed by atoms with Crippen LogP contribution in [0.5, 0.6) is 0 Å². The van der Waals surface area contributed by atoms with Gasteiger partial charge in [-0.05, 0) is 30.6 Å². The second-order valence-corrected chi connectivity index (χ2v) is 5.12. The fourth-order valence-corrected chi connectivity index (χ4v) is 2.74. The summed E-state index contributed by atoms with van der Waals surface area (Å²) in [6, 6.07) is 2.08. The fraction of sp³-hybridized carbons (Fsp3) is 0.400. The minimum absolute atomic E-state index is 0.815. The average molecular weight is 228 g/mol. The van der Waals surface area contributed by atoms with Gasteiger partial charge < -0.3 is 11.5 Å². The predicted molar refractivity (Wildman–Crippen MR) is 68.2 cm³/mol. The quantitative estimate of drug-likeness (QED) is 0.617. The van der Waals surface area contributed by atoms with Crippen molar-refractivity contribution in [1.29, 1.82) is 0 Å². The first-order valence-corrected chi connectivity index (χ1v) is 6.68. The minimum Gasteiger partial charge on any atom is -0.398 e. The topological polar surface area (TPSA) is 52.0 Å². The van der Waals surface area contributed by atoms with Crippen LogP contribution in [0.2, 0.25) is 0 Å². The number of nitrogens with two attached hydrogens (primary N) is 2. The minimum atomic E-state index is 0.815. The van der Waals surface area contributed by atoms with Crippen LogP contribution < -0.4 is 11.5 Å². The molecule has 1 aromatic rings. The lowest BCUT2D eigenvalue weighted by atomic mass is 10.1.